The topological polar surface area (TPSA) is 243 Å². The highest BCUT2D eigenvalue weighted by molar-refractivity contribution is 7.89. The van der Waals surface area contributed by atoms with Crippen LogP contribution in [0.3, 0.4) is 0 Å². The second-order valence-corrected chi connectivity index (χ2v) is 12.5. The van der Waals surface area contributed by atoms with Crippen molar-refractivity contribution >= 4 is 43.4 Å². The Morgan fingerprint density at radius 1 is 0.674 bits per heavy atom. The molecule has 0 bridgehead atoms. The highest BCUT2D eigenvalue weighted by Crippen LogP contribution is 2.39. The highest BCUT2D eigenvalue weighted by Gasteiger charge is 2.26. The summed E-state index contributed by atoms with van der Waals surface area (Å²) in [6.45, 7) is 4.82. The van der Waals surface area contributed by atoms with Gasteiger partial charge in [-0.2, -0.15) is 0 Å². The number of nitrogens with two attached hydrogens (primary N) is 3. The van der Waals surface area contributed by atoms with Gasteiger partial charge in [0.25, 0.3) is 0 Å². The SMILES string of the molecule is CCN(CC)c1cc(C(=O)O)cc(S(N)(=O)=O)c1Oc1ccccc1.Nc1cc(C(=O)O)cc(S(N)(=O)=O)c1Oc1ccccc1. The molecule has 4 rings (SSSR count). The van der Waals surface area contributed by atoms with Gasteiger partial charge in [0.05, 0.1) is 22.5 Å². The summed E-state index contributed by atoms with van der Waals surface area (Å²) in [6.07, 6.45) is 0. The maximum Gasteiger partial charge on any atom is 0.335 e. The minimum absolute atomic E-state index is 0.0161. The molecule has 0 aromatic heterocycles. The summed E-state index contributed by atoms with van der Waals surface area (Å²) in [5.74, 6) is -1.99. The molecule has 0 aliphatic rings. The van der Waals surface area contributed by atoms with Gasteiger partial charge < -0.3 is 30.3 Å². The number of nitrogens with zero attached hydrogens (tertiary/aromatic N) is 1. The molecule has 0 saturated heterocycles. The molecule has 0 fully saturated rings. The lowest BCUT2D eigenvalue weighted by molar-refractivity contribution is 0.0685. The molecule has 0 aliphatic carbocycles. The molecule has 46 heavy (non-hydrogen) atoms. The lowest BCUT2D eigenvalue weighted by atomic mass is 10.1. The number of para-hydroxylation sites is 2. The summed E-state index contributed by atoms with van der Waals surface area (Å²) >= 11 is 0. The molecule has 0 atom stereocenters. The van der Waals surface area contributed by atoms with Gasteiger partial charge in [-0.1, -0.05) is 36.4 Å². The van der Waals surface area contributed by atoms with Gasteiger partial charge in [-0.05, 0) is 62.4 Å². The summed E-state index contributed by atoms with van der Waals surface area (Å²) in [6, 6.07) is 21.4. The number of carboxylic acid groups (broad SMARTS) is 2. The molecule has 244 valence electrons. The number of anilines is 2. The van der Waals surface area contributed by atoms with Gasteiger partial charge in [0, 0.05) is 13.1 Å². The van der Waals surface area contributed by atoms with Gasteiger partial charge >= 0.3 is 11.9 Å². The zero-order valence-electron chi connectivity index (χ0n) is 24.7. The molecule has 0 heterocycles. The maximum absolute atomic E-state index is 12.1. The number of rotatable bonds is 11. The van der Waals surface area contributed by atoms with Crippen LogP contribution in [0.25, 0.3) is 0 Å². The minimum atomic E-state index is -4.20. The van der Waals surface area contributed by atoms with E-state index < -0.39 is 36.9 Å². The number of carbonyl (C=O) groups is 2. The highest BCUT2D eigenvalue weighted by atomic mass is 32.2. The van der Waals surface area contributed by atoms with E-state index in [0.717, 1.165) is 18.2 Å². The number of primary sulfonamides is 2. The van der Waals surface area contributed by atoms with Crippen LogP contribution < -0.4 is 30.4 Å². The number of hydrogen-bond donors (Lipinski definition) is 5. The van der Waals surface area contributed by atoms with E-state index in [9.17, 15) is 31.5 Å². The van der Waals surface area contributed by atoms with Crippen LogP contribution in [0.5, 0.6) is 23.0 Å². The molecule has 4 aromatic rings. The lowest BCUT2D eigenvalue weighted by Crippen LogP contribution is -2.24. The van der Waals surface area contributed by atoms with Crippen molar-refractivity contribution < 1.29 is 46.1 Å². The number of benzene rings is 4. The van der Waals surface area contributed by atoms with Crippen molar-refractivity contribution in [3.63, 3.8) is 0 Å². The number of ether oxygens (including phenoxy) is 2. The Morgan fingerprint density at radius 2 is 1.07 bits per heavy atom. The minimum Gasteiger partial charge on any atom is -0.478 e. The van der Waals surface area contributed by atoms with E-state index in [0.29, 0.717) is 30.3 Å². The average molecular weight is 673 g/mol. The summed E-state index contributed by atoms with van der Waals surface area (Å²) in [7, 11) is -8.40. The normalized spacial score (nSPS) is 11.1. The molecule has 14 nitrogen and oxygen atoms in total. The van der Waals surface area contributed by atoms with Gasteiger partial charge in [-0.15, -0.1) is 0 Å². The van der Waals surface area contributed by atoms with Gasteiger partial charge in [-0.25, -0.2) is 36.7 Å². The first-order valence-corrected chi connectivity index (χ1v) is 16.5. The van der Waals surface area contributed by atoms with Crippen molar-refractivity contribution in [1.29, 1.82) is 0 Å². The third kappa shape index (κ3) is 8.95. The molecule has 0 aliphatic heterocycles. The van der Waals surface area contributed by atoms with Crippen molar-refractivity contribution in [1.82, 2.24) is 0 Å². The van der Waals surface area contributed by atoms with Gasteiger partial charge in [0.15, 0.2) is 11.5 Å². The van der Waals surface area contributed by atoms with Crippen LogP contribution in [0.1, 0.15) is 34.6 Å². The van der Waals surface area contributed by atoms with E-state index in [-0.39, 0.29) is 33.2 Å². The van der Waals surface area contributed by atoms with Crippen molar-refractivity contribution in [2.45, 2.75) is 23.6 Å². The molecule has 16 heteroatoms. The fraction of sp³-hybridized carbons (Fsp3) is 0.133. The quantitative estimate of drug-likeness (QED) is 0.142. The largest absolute Gasteiger partial charge is 0.478 e. The van der Waals surface area contributed by atoms with E-state index in [1.807, 2.05) is 13.8 Å². The smallest absolute Gasteiger partial charge is 0.335 e. The molecule has 4 aromatic carbocycles. The Kier molecular flexibility index (Phi) is 11.3. The average Bonchev–Trinajstić information content (AvgIpc) is 2.99. The monoisotopic (exact) mass is 672 g/mol. The Bertz CT molecular complexity index is 1930. The molecule has 8 N–H and O–H groups in total. The zero-order chi connectivity index (χ0) is 34.2. The second-order valence-electron chi connectivity index (χ2n) is 9.42. The second kappa shape index (κ2) is 14.7. The summed E-state index contributed by atoms with van der Waals surface area (Å²) in [5.41, 5.74) is 5.45. The van der Waals surface area contributed by atoms with Crippen LogP contribution in [-0.4, -0.2) is 52.1 Å². The van der Waals surface area contributed by atoms with Crippen LogP contribution in [-0.2, 0) is 20.0 Å². The molecule has 0 unspecified atom stereocenters. The first-order valence-electron chi connectivity index (χ1n) is 13.4. The Balaban J connectivity index is 0.000000254. The molecular weight excluding hydrogens is 640 g/mol. The fourth-order valence-electron chi connectivity index (χ4n) is 4.10. The van der Waals surface area contributed by atoms with E-state index >= 15 is 0 Å². The summed E-state index contributed by atoms with van der Waals surface area (Å²) in [5, 5.41) is 28.7. The fourth-order valence-corrected chi connectivity index (χ4v) is 5.51. The molecule has 0 saturated carbocycles. The predicted octanol–water partition coefficient (Wildman–Crippen LogP) is 4.08. The molecule has 0 radical (unpaired) electrons. The summed E-state index contributed by atoms with van der Waals surface area (Å²) in [4.78, 5) is 23.3. The van der Waals surface area contributed by atoms with Crippen molar-refractivity contribution in [2.75, 3.05) is 23.7 Å². The number of carboxylic acids is 2. The van der Waals surface area contributed by atoms with E-state index in [2.05, 4.69) is 0 Å². The Labute approximate surface area is 265 Å². The van der Waals surface area contributed by atoms with Crippen LogP contribution in [0, 0.1) is 0 Å². The standard InChI is InChI=1S/C17H20N2O5S.C13H12N2O5S/c1-3-19(4-2)14-10-12(17(20)21)11-15(25(18,22)23)16(14)24-13-8-6-5-7-9-13;14-10-6-8(13(16)17)7-11(21(15,18)19)12(10)20-9-4-2-1-3-5-9/h5-11H,3-4H2,1-2H3,(H,20,21)(H2,18,22,23);1-7H,14H2,(H,16,17)(H2,15,18,19). The van der Waals surface area contributed by atoms with Gasteiger partial charge in [0.2, 0.25) is 20.0 Å². The van der Waals surface area contributed by atoms with Crippen LogP contribution in [0.15, 0.2) is 94.7 Å². The van der Waals surface area contributed by atoms with Crippen molar-refractivity contribution in [3.05, 3.63) is 96.1 Å². The first kappa shape index (κ1) is 35.3. The Morgan fingerprint density at radius 3 is 1.46 bits per heavy atom. The van der Waals surface area contributed by atoms with Crippen molar-refractivity contribution in [3.8, 4) is 23.0 Å². The predicted molar refractivity (Wildman–Crippen MR) is 171 cm³/mol. The van der Waals surface area contributed by atoms with Gasteiger partial charge in [0.1, 0.15) is 21.3 Å². The molecule has 0 spiro atoms. The number of nitrogen functional groups attached to an aromatic ring is 1. The van der Waals surface area contributed by atoms with Crippen LogP contribution in [0.4, 0.5) is 11.4 Å². The lowest BCUT2D eigenvalue weighted by Gasteiger charge is -2.25. The van der Waals surface area contributed by atoms with E-state index in [1.165, 1.54) is 6.07 Å². The third-order valence-corrected chi connectivity index (χ3v) is 8.09. The number of sulfonamides is 2. The third-order valence-electron chi connectivity index (χ3n) is 6.26. The number of aromatic carboxylic acids is 2. The molecular formula is C30H32N4O10S2. The van der Waals surface area contributed by atoms with Crippen molar-refractivity contribution in [2.24, 2.45) is 10.3 Å². The van der Waals surface area contributed by atoms with Gasteiger partial charge in [-0.3, -0.25) is 0 Å². The van der Waals surface area contributed by atoms with Crippen LogP contribution in [0.2, 0.25) is 0 Å². The first-order chi connectivity index (χ1) is 21.6. The van der Waals surface area contributed by atoms with Crippen LogP contribution >= 0.6 is 0 Å². The maximum atomic E-state index is 12.1. The zero-order valence-corrected chi connectivity index (χ0v) is 26.3. The van der Waals surface area contributed by atoms with E-state index in [4.69, 9.17) is 30.6 Å². The summed E-state index contributed by atoms with van der Waals surface area (Å²) < 4.78 is 58.6. The molecule has 0 amide bonds. The number of hydrogen-bond acceptors (Lipinski definition) is 10. The Hall–Kier alpha value is -5.16. The van der Waals surface area contributed by atoms with E-state index in [1.54, 1.807) is 65.6 Å².